The molecule has 0 aromatic heterocycles. The fourth-order valence-corrected chi connectivity index (χ4v) is 6.35. The van der Waals surface area contributed by atoms with Gasteiger partial charge >= 0.3 is 12.1 Å². The van der Waals surface area contributed by atoms with Gasteiger partial charge in [-0.25, -0.2) is 4.79 Å². The van der Waals surface area contributed by atoms with Gasteiger partial charge in [0.05, 0.1) is 27.4 Å². The number of aliphatic hydroxyl groups excluding tert-OH is 1. The maximum Gasteiger partial charge on any atom is 0.408 e. The average molecular weight is 856 g/mol. The van der Waals surface area contributed by atoms with Crippen LogP contribution in [0.4, 0.5) is 10.5 Å². The number of para-hydroxylation sites is 1. The number of ether oxygens (including phenoxy) is 4. The Hall–Kier alpha value is -6.81. The van der Waals surface area contributed by atoms with Gasteiger partial charge in [-0.1, -0.05) is 74.5 Å². The number of esters is 1. The Morgan fingerprint density at radius 3 is 1.98 bits per heavy atom. The first kappa shape index (κ1) is 47.9. The van der Waals surface area contributed by atoms with Crippen molar-refractivity contribution in [3.05, 3.63) is 119 Å². The van der Waals surface area contributed by atoms with E-state index in [0.29, 0.717) is 17.9 Å². The van der Waals surface area contributed by atoms with Gasteiger partial charge in [-0.05, 0) is 72.2 Å². The van der Waals surface area contributed by atoms with Crippen LogP contribution in [0.2, 0.25) is 0 Å². The molecule has 7 N–H and O–H groups in total. The SMILES string of the molecule is COC(=O)CCC(NC(=O)C(NC(=O)C(NC(=O)OCc1ccccc1)C(C)C)C(O)CCc1ccccc1NCc1ccc(OC)cc1)C(=O)NCc1ccc(OC)cc1O. The summed E-state index contributed by atoms with van der Waals surface area (Å²) in [5.41, 5.74) is 3.71. The number of carbonyl (C=O) groups excluding carboxylic acids is 5. The van der Waals surface area contributed by atoms with E-state index in [-0.39, 0.29) is 44.6 Å². The lowest BCUT2D eigenvalue weighted by atomic mass is 9.98. The number of hydrogen-bond donors (Lipinski definition) is 7. The van der Waals surface area contributed by atoms with Gasteiger partial charge in [0, 0.05) is 36.8 Å². The normalized spacial score (nSPS) is 12.8. The highest BCUT2D eigenvalue weighted by atomic mass is 16.5. The Kier molecular flexibility index (Phi) is 18.9. The largest absolute Gasteiger partial charge is 0.507 e. The van der Waals surface area contributed by atoms with Crippen LogP contribution in [0.3, 0.4) is 0 Å². The van der Waals surface area contributed by atoms with Crippen LogP contribution in [0.1, 0.15) is 55.4 Å². The second kappa shape index (κ2) is 24.4. The molecule has 0 saturated heterocycles. The Labute approximate surface area is 361 Å². The zero-order valence-corrected chi connectivity index (χ0v) is 35.6. The number of rotatable bonds is 23. The number of aryl methyl sites for hydroxylation is 1. The number of aliphatic hydroxyl groups is 1. The van der Waals surface area contributed by atoms with E-state index >= 15 is 0 Å². The van der Waals surface area contributed by atoms with Crippen molar-refractivity contribution in [2.75, 3.05) is 26.6 Å². The first-order chi connectivity index (χ1) is 29.8. The van der Waals surface area contributed by atoms with E-state index in [0.717, 1.165) is 28.1 Å². The number of hydrogen-bond acceptors (Lipinski definition) is 12. The standard InChI is InChI=1S/C46H57N5O11/c1-29(2)41(51-46(58)62-28-31-11-7-6-8-12-31)44(56)50-42(38(52)23-18-32-13-9-10-14-36(32)47-26-30-15-19-34(59-3)20-16-30)45(57)49-37(22-24-40(54)61-5)43(55)48-27-33-17-21-35(60-4)25-39(33)53/h6-17,19-21,25,29,37-38,41-42,47,52-53H,18,22-24,26-28H2,1-5H3,(H,48,55)(H,49,57)(H,50,56)(H,51,58). The van der Waals surface area contributed by atoms with E-state index in [4.69, 9.17) is 18.9 Å². The lowest BCUT2D eigenvalue weighted by molar-refractivity contribution is -0.141. The summed E-state index contributed by atoms with van der Waals surface area (Å²) in [6, 6.07) is 24.4. The highest BCUT2D eigenvalue weighted by Gasteiger charge is 2.35. The van der Waals surface area contributed by atoms with Crippen LogP contribution in [-0.4, -0.2) is 85.6 Å². The molecule has 0 bridgehead atoms. The molecule has 0 aliphatic heterocycles. The molecule has 332 valence electrons. The third-order valence-corrected chi connectivity index (χ3v) is 10.0. The Bertz CT molecular complexity index is 2080. The van der Waals surface area contributed by atoms with Crippen molar-refractivity contribution in [2.24, 2.45) is 5.92 Å². The quantitative estimate of drug-likeness (QED) is 0.0513. The van der Waals surface area contributed by atoms with Crippen molar-refractivity contribution < 1.29 is 53.1 Å². The Morgan fingerprint density at radius 2 is 1.32 bits per heavy atom. The summed E-state index contributed by atoms with van der Waals surface area (Å²) in [7, 11) is 4.23. The molecule has 0 aliphatic rings. The predicted octanol–water partition coefficient (Wildman–Crippen LogP) is 4.51. The van der Waals surface area contributed by atoms with Gasteiger partial charge in [-0.15, -0.1) is 0 Å². The van der Waals surface area contributed by atoms with Crippen LogP contribution in [0, 0.1) is 5.92 Å². The lowest BCUT2D eigenvalue weighted by Crippen LogP contribution is -2.61. The van der Waals surface area contributed by atoms with E-state index in [1.54, 1.807) is 57.4 Å². The van der Waals surface area contributed by atoms with Crippen molar-refractivity contribution in [1.29, 1.82) is 0 Å². The van der Waals surface area contributed by atoms with Crippen molar-refractivity contribution in [1.82, 2.24) is 21.3 Å². The van der Waals surface area contributed by atoms with Crippen LogP contribution in [-0.2, 0) is 54.8 Å². The number of carbonyl (C=O) groups is 5. The zero-order valence-electron chi connectivity index (χ0n) is 35.6. The minimum absolute atomic E-state index is 0.0196. The first-order valence-corrected chi connectivity index (χ1v) is 20.2. The summed E-state index contributed by atoms with van der Waals surface area (Å²) < 4.78 is 20.5. The van der Waals surface area contributed by atoms with E-state index in [2.05, 4.69) is 26.6 Å². The third kappa shape index (κ3) is 15.0. The van der Waals surface area contributed by atoms with E-state index in [1.165, 1.54) is 20.3 Å². The third-order valence-electron chi connectivity index (χ3n) is 10.0. The van der Waals surface area contributed by atoms with Crippen LogP contribution in [0.5, 0.6) is 17.2 Å². The first-order valence-electron chi connectivity index (χ1n) is 20.2. The fourth-order valence-electron chi connectivity index (χ4n) is 6.35. The van der Waals surface area contributed by atoms with Crippen molar-refractivity contribution in [3.63, 3.8) is 0 Å². The average Bonchev–Trinajstić information content (AvgIpc) is 3.28. The molecule has 4 rings (SSSR count). The van der Waals surface area contributed by atoms with Gasteiger partial charge in [-0.2, -0.15) is 0 Å². The summed E-state index contributed by atoms with van der Waals surface area (Å²) in [5, 5.41) is 36.1. The maximum absolute atomic E-state index is 14.2. The monoisotopic (exact) mass is 855 g/mol. The molecule has 0 spiro atoms. The molecule has 0 aliphatic carbocycles. The maximum atomic E-state index is 14.2. The molecule has 0 heterocycles. The molecule has 0 radical (unpaired) electrons. The Balaban J connectivity index is 1.55. The highest BCUT2D eigenvalue weighted by molar-refractivity contribution is 5.94. The fraction of sp³-hybridized carbons (Fsp3) is 0.370. The van der Waals surface area contributed by atoms with Gasteiger partial charge in [0.2, 0.25) is 17.7 Å². The van der Waals surface area contributed by atoms with Crippen LogP contribution in [0.15, 0.2) is 97.1 Å². The number of aromatic hydroxyl groups is 1. The van der Waals surface area contributed by atoms with Gasteiger partial charge in [0.15, 0.2) is 0 Å². The second-order valence-electron chi connectivity index (χ2n) is 14.8. The molecule has 16 nitrogen and oxygen atoms in total. The minimum Gasteiger partial charge on any atom is -0.507 e. The summed E-state index contributed by atoms with van der Waals surface area (Å²) in [5.74, 6) is -2.56. The van der Waals surface area contributed by atoms with Crippen LogP contribution < -0.4 is 36.1 Å². The number of phenols is 1. The Morgan fingerprint density at radius 1 is 0.661 bits per heavy atom. The topological polar surface area (TPSA) is 223 Å². The van der Waals surface area contributed by atoms with Gasteiger partial charge in [0.25, 0.3) is 0 Å². The molecular weight excluding hydrogens is 799 g/mol. The highest BCUT2D eigenvalue weighted by Crippen LogP contribution is 2.24. The smallest absolute Gasteiger partial charge is 0.408 e. The molecule has 4 aromatic rings. The second-order valence-corrected chi connectivity index (χ2v) is 14.8. The molecule has 4 amide bonds. The number of methoxy groups -OCH3 is 3. The lowest BCUT2D eigenvalue weighted by Gasteiger charge is -2.29. The molecule has 4 atom stereocenters. The number of amides is 4. The summed E-state index contributed by atoms with van der Waals surface area (Å²) >= 11 is 0. The molecule has 62 heavy (non-hydrogen) atoms. The molecule has 4 unspecified atom stereocenters. The summed E-state index contributed by atoms with van der Waals surface area (Å²) in [6.45, 7) is 3.69. The van der Waals surface area contributed by atoms with E-state index < -0.39 is 59.9 Å². The molecular formula is C46H57N5O11. The van der Waals surface area contributed by atoms with E-state index in [1.807, 2.05) is 54.6 Å². The number of benzene rings is 4. The molecule has 16 heteroatoms. The van der Waals surface area contributed by atoms with Gasteiger partial charge in [0.1, 0.15) is 42.0 Å². The predicted molar refractivity (Wildman–Crippen MR) is 231 cm³/mol. The number of anilines is 1. The summed E-state index contributed by atoms with van der Waals surface area (Å²) in [6.07, 6.45) is -2.59. The molecule has 0 fully saturated rings. The summed E-state index contributed by atoms with van der Waals surface area (Å²) in [4.78, 5) is 66.9. The van der Waals surface area contributed by atoms with E-state index in [9.17, 15) is 34.2 Å². The number of phenolic OH excluding ortho intramolecular Hbond substituents is 1. The van der Waals surface area contributed by atoms with Gasteiger partial charge < -0.3 is 55.7 Å². The zero-order chi connectivity index (χ0) is 45.0. The van der Waals surface area contributed by atoms with Crippen molar-refractivity contribution >= 4 is 35.5 Å². The number of alkyl carbamates (subject to hydrolysis) is 1. The van der Waals surface area contributed by atoms with Gasteiger partial charge in [-0.3, -0.25) is 19.2 Å². The molecule has 4 aromatic carbocycles. The van der Waals surface area contributed by atoms with Crippen LogP contribution in [0.25, 0.3) is 0 Å². The number of nitrogens with one attached hydrogen (secondary N) is 5. The van der Waals surface area contributed by atoms with Crippen molar-refractivity contribution in [3.8, 4) is 17.2 Å². The van der Waals surface area contributed by atoms with Crippen molar-refractivity contribution in [2.45, 2.75) is 83.5 Å². The van der Waals surface area contributed by atoms with Crippen LogP contribution >= 0.6 is 0 Å². The minimum atomic E-state index is -1.63. The molecule has 0 saturated carbocycles.